The topological polar surface area (TPSA) is 23.6 Å². The SMILES string of the molecule is O=C1N(Cc2ccc(F)cc2)CCN1c1ccc2c(c1)CCC2. The van der Waals surface area contributed by atoms with Gasteiger partial charge in [0.15, 0.2) is 0 Å². The van der Waals surface area contributed by atoms with E-state index in [4.69, 9.17) is 0 Å². The molecule has 4 heteroatoms. The van der Waals surface area contributed by atoms with Crippen molar-refractivity contribution in [2.24, 2.45) is 0 Å². The molecule has 1 heterocycles. The van der Waals surface area contributed by atoms with Gasteiger partial charge in [0, 0.05) is 25.3 Å². The predicted molar refractivity (Wildman–Crippen MR) is 88.0 cm³/mol. The summed E-state index contributed by atoms with van der Waals surface area (Å²) in [5, 5.41) is 0. The monoisotopic (exact) mass is 310 g/mol. The molecule has 4 rings (SSSR count). The van der Waals surface area contributed by atoms with Crippen LogP contribution in [0, 0.1) is 5.82 Å². The minimum absolute atomic E-state index is 0.0345. The number of fused-ring (bicyclic) bond motifs is 1. The second-order valence-corrected chi connectivity index (χ2v) is 6.29. The van der Waals surface area contributed by atoms with Crippen LogP contribution in [0.25, 0.3) is 0 Å². The molecule has 0 saturated carbocycles. The number of hydrogen-bond acceptors (Lipinski definition) is 1. The Morgan fingerprint density at radius 2 is 1.74 bits per heavy atom. The molecule has 2 aromatic carbocycles. The highest BCUT2D eigenvalue weighted by atomic mass is 19.1. The van der Waals surface area contributed by atoms with Gasteiger partial charge in [0.25, 0.3) is 0 Å². The highest BCUT2D eigenvalue weighted by molar-refractivity contribution is 5.94. The molecule has 2 aliphatic rings. The average Bonchev–Trinajstić information content (AvgIpc) is 3.16. The van der Waals surface area contributed by atoms with Gasteiger partial charge in [0.2, 0.25) is 0 Å². The molecule has 1 aliphatic carbocycles. The van der Waals surface area contributed by atoms with Crippen molar-refractivity contribution in [2.45, 2.75) is 25.8 Å². The highest BCUT2D eigenvalue weighted by Gasteiger charge is 2.30. The number of rotatable bonds is 3. The molecule has 1 aliphatic heterocycles. The van der Waals surface area contributed by atoms with Gasteiger partial charge in [0.05, 0.1) is 0 Å². The molecule has 0 spiro atoms. The molecule has 0 bridgehead atoms. The second-order valence-electron chi connectivity index (χ2n) is 6.29. The van der Waals surface area contributed by atoms with Gasteiger partial charge in [-0.05, 0) is 60.2 Å². The number of benzene rings is 2. The summed E-state index contributed by atoms with van der Waals surface area (Å²) in [6.45, 7) is 1.94. The Morgan fingerprint density at radius 3 is 2.57 bits per heavy atom. The fourth-order valence-corrected chi connectivity index (χ4v) is 3.51. The summed E-state index contributed by atoms with van der Waals surface area (Å²) in [5.41, 5.74) is 4.75. The summed E-state index contributed by atoms with van der Waals surface area (Å²) < 4.78 is 13.0. The van der Waals surface area contributed by atoms with Crippen LogP contribution in [0.15, 0.2) is 42.5 Å². The number of urea groups is 1. The van der Waals surface area contributed by atoms with E-state index in [1.807, 2.05) is 9.80 Å². The summed E-state index contributed by atoms with van der Waals surface area (Å²) in [4.78, 5) is 16.3. The van der Waals surface area contributed by atoms with Crippen molar-refractivity contribution in [2.75, 3.05) is 18.0 Å². The van der Waals surface area contributed by atoms with Crippen LogP contribution in [0.2, 0.25) is 0 Å². The Hall–Kier alpha value is -2.36. The van der Waals surface area contributed by atoms with Crippen molar-refractivity contribution in [3.05, 3.63) is 65.0 Å². The fourth-order valence-electron chi connectivity index (χ4n) is 3.51. The lowest BCUT2D eigenvalue weighted by Crippen LogP contribution is -2.31. The summed E-state index contributed by atoms with van der Waals surface area (Å²) >= 11 is 0. The van der Waals surface area contributed by atoms with Crippen LogP contribution in [0.5, 0.6) is 0 Å². The van der Waals surface area contributed by atoms with Crippen LogP contribution in [-0.4, -0.2) is 24.0 Å². The summed E-state index contributed by atoms with van der Waals surface area (Å²) in [6.07, 6.45) is 3.48. The lowest BCUT2D eigenvalue weighted by atomic mass is 10.1. The van der Waals surface area contributed by atoms with E-state index in [0.29, 0.717) is 19.6 Å². The normalized spacial score (nSPS) is 17.0. The molecule has 0 N–H and O–H groups in total. The zero-order valence-electron chi connectivity index (χ0n) is 13.0. The quantitative estimate of drug-likeness (QED) is 0.847. The van der Waals surface area contributed by atoms with E-state index in [2.05, 4.69) is 18.2 Å². The average molecular weight is 310 g/mol. The van der Waals surface area contributed by atoms with Gasteiger partial charge < -0.3 is 4.90 Å². The second kappa shape index (κ2) is 5.69. The first-order chi connectivity index (χ1) is 11.2. The maximum atomic E-state index is 13.0. The third kappa shape index (κ3) is 2.69. The third-order valence-corrected chi connectivity index (χ3v) is 4.78. The first-order valence-electron chi connectivity index (χ1n) is 8.13. The number of hydrogen-bond donors (Lipinski definition) is 0. The molecule has 1 fully saturated rings. The Labute approximate surface area is 135 Å². The van der Waals surface area contributed by atoms with E-state index in [-0.39, 0.29) is 11.8 Å². The van der Waals surface area contributed by atoms with Gasteiger partial charge in [-0.15, -0.1) is 0 Å². The molecule has 0 aromatic heterocycles. The minimum Gasteiger partial charge on any atom is -0.318 e. The van der Waals surface area contributed by atoms with Crippen molar-refractivity contribution < 1.29 is 9.18 Å². The van der Waals surface area contributed by atoms with Crippen molar-refractivity contribution in [1.29, 1.82) is 0 Å². The number of carbonyl (C=O) groups excluding carboxylic acids is 1. The molecule has 23 heavy (non-hydrogen) atoms. The lowest BCUT2D eigenvalue weighted by molar-refractivity contribution is 0.219. The Bertz CT molecular complexity index is 742. The maximum absolute atomic E-state index is 13.0. The number of carbonyl (C=O) groups is 1. The number of amides is 2. The van der Waals surface area contributed by atoms with Crippen molar-refractivity contribution >= 4 is 11.7 Å². The van der Waals surface area contributed by atoms with Gasteiger partial charge in [-0.25, -0.2) is 9.18 Å². The highest BCUT2D eigenvalue weighted by Crippen LogP contribution is 2.29. The van der Waals surface area contributed by atoms with E-state index >= 15 is 0 Å². The molecular formula is C19H19FN2O. The molecule has 118 valence electrons. The first-order valence-corrected chi connectivity index (χ1v) is 8.13. The van der Waals surface area contributed by atoms with E-state index in [9.17, 15) is 9.18 Å². The van der Waals surface area contributed by atoms with E-state index < -0.39 is 0 Å². The minimum atomic E-state index is -0.249. The molecule has 2 amide bonds. The zero-order valence-corrected chi connectivity index (χ0v) is 13.0. The lowest BCUT2D eigenvalue weighted by Gasteiger charge is -2.19. The van der Waals surface area contributed by atoms with E-state index in [0.717, 1.165) is 24.1 Å². The van der Waals surface area contributed by atoms with Gasteiger partial charge >= 0.3 is 6.03 Å². The van der Waals surface area contributed by atoms with Gasteiger partial charge in [-0.3, -0.25) is 4.90 Å². The Kier molecular flexibility index (Phi) is 3.52. The van der Waals surface area contributed by atoms with Gasteiger partial charge in [0.1, 0.15) is 5.82 Å². The molecule has 1 saturated heterocycles. The van der Waals surface area contributed by atoms with E-state index in [1.165, 1.54) is 29.7 Å². The van der Waals surface area contributed by atoms with Crippen molar-refractivity contribution in [3.63, 3.8) is 0 Å². The van der Waals surface area contributed by atoms with Crippen LogP contribution in [0.4, 0.5) is 14.9 Å². The van der Waals surface area contributed by atoms with Crippen molar-refractivity contribution in [3.8, 4) is 0 Å². The number of aryl methyl sites for hydroxylation is 2. The number of anilines is 1. The summed E-state index contributed by atoms with van der Waals surface area (Å²) in [5.74, 6) is -0.249. The summed E-state index contributed by atoms with van der Waals surface area (Å²) in [7, 11) is 0. The number of halogens is 1. The smallest absolute Gasteiger partial charge is 0.318 e. The predicted octanol–water partition coefficient (Wildman–Crippen LogP) is 3.76. The fraction of sp³-hybridized carbons (Fsp3) is 0.316. The van der Waals surface area contributed by atoms with Gasteiger partial charge in [-0.2, -0.15) is 0 Å². The summed E-state index contributed by atoms with van der Waals surface area (Å²) in [6, 6.07) is 12.8. The molecule has 0 atom stereocenters. The van der Waals surface area contributed by atoms with Crippen molar-refractivity contribution in [1.82, 2.24) is 4.90 Å². The first kappa shape index (κ1) is 14.2. The Morgan fingerprint density at radius 1 is 0.957 bits per heavy atom. The van der Waals surface area contributed by atoms with Crippen LogP contribution in [0.3, 0.4) is 0 Å². The number of nitrogens with zero attached hydrogens (tertiary/aromatic N) is 2. The van der Waals surface area contributed by atoms with Crippen LogP contribution in [-0.2, 0) is 19.4 Å². The van der Waals surface area contributed by atoms with Gasteiger partial charge in [-0.1, -0.05) is 18.2 Å². The zero-order chi connectivity index (χ0) is 15.8. The maximum Gasteiger partial charge on any atom is 0.324 e. The molecular weight excluding hydrogens is 291 g/mol. The molecule has 3 nitrogen and oxygen atoms in total. The molecule has 0 radical (unpaired) electrons. The molecule has 0 unspecified atom stereocenters. The van der Waals surface area contributed by atoms with Crippen LogP contribution in [0.1, 0.15) is 23.1 Å². The molecule has 2 aromatic rings. The van der Waals surface area contributed by atoms with Crippen LogP contribution < -0.4 is 4.90 Å². The van der Waals surface area contributed by atoms with E-state index in [1.54, 1.807) is 12.1 Å². The standard InChI is InChI=1S/C19H19FN2O/c20-17-7-4-14(5-8-17)13-21-10-11-22(19(21)23)18-9-6-15-2-1-3-16(15)12-18/h4-9,12H,1-3,10-11,13H2. The van der Waals surface area contributed by atoms with Crippen LogP contribution >= 0.6 is 0 Å². The Balaban J connectivity index is 1.50. The third-order valence-electron chi connectivity index (χ3n) is 4.78. The largest absolute Gasteiger partial charge is 0.324 e.